The van der Waals surface area contributed by atoms with Crippen molar-refractivity contribution >= 4 is 50.2 Å². The molecule has 0 radical (unpaired) electrons. The summed E-state index contributed by atoms with van der Waals surface area (Å²) in [6.45, 7) is 0. The first-order valence-corrected chi connectivity index (χ1v) is 6.30. The van der Waals surface area contributed by atoms with E-state index < -0.39 is 11.9 Å². The number of aliphatic hydroxyl groups excluding tert-OH is 1. The van der Waals surface area contributed by atoms with Crippen molar-refractivity contribution in [1.82, 2.24) is 4.98 Å². The van der Waals surface area contributed by atoms with E-state index >= 15 is 0 Å². The van der Waals surface area contributed by atoms with Gasteiger partial charge in [-0.2, -0.15) is 13.2 Å². The topological polar surface area (TPSA) is 33.1 Å². The van der Waals surface area contributed by atoms with E-state index in [2.05, 4.69) is 27.6 Å². The quantitative estimate of drug-likeness (QED) is 0.597. The van der Waals surface area contributed by atoms with Gasteiger partial charge in [-0.25, -0.2) is 4.98 Å². The number of hydrogen-bond acceptors (Lipinski definition) is 3. The summed E-state index contributed by atoms with van der Waals surface area (Å²) >= 11 is 3.21. The van der Waals surface area contributed by atoms with Crippen molar-refractivity contribution < 1.29 is 18.3 Å². The van der Waals surface area contributed by atoms with Crippen molar-refractivity contribution in [3.63, 3.8) is 0 Å². The van der Waals surface area contributed by atoms with Crippen molar-refractivity contribution in [2.24, 2.45) is 0 Å². The highest BCUT2D eigenvalue weighted by Gasteiger charge is 2.33. The van der Waals surface area contributed by atoms with E-state index in [0.29, 0.717) is 11.6 Å². The third kappa shape index (κ3) is 2.89. The molecular weight excluding hydrogens is 366 g/mol. The largest absolute Gasteiger partial charge is 0.504 e. The summed E-state index contributed by atoms with van der Waals surface area (Å²) in [5, 5.41) is 8.96. The lowest BCUT2D eigenvalue weighted by Crippen LogP contribution is -2.10. The summed E-state index contributed by atoms with van der Waals surface area (Å²) in [6, 6.07) is 5.38. The molecule has 1 heterocycles. The number of nitrogens with zero attached hydrogens (tertiary/aromatic N) is 1. The van der Waals surface area contributed by atoms with E-state index in [1.807, 2.05) is 12.1 Å². The molecule has 0 fully saturated rings. The molecule has 1 aromatic carbocycles. The van der Waals surface area contributed by atoms with Crippen molar-refractivity contribution in [2.45, 2.75) is 6.18 Å². The molecule has 0 saturated carbocycles. The predicted octanol–water partition coefficient (Wildman–Crippen LogP) is 4.36. The van der Waals surface area contributed by atoms with Crippen LogP contribution in [0.1, 0.15) is 5.01 Å². The average Bonchev–Trinajstić information content (AvgIpc) is 2.57. The lowest BCUT2D eigenvalue weighted by atomic mass is 10.3. The van der Waals surface area contributed by atoms with E-state index in [-0.39, 0.29) is 5.01 Å². The number of thiazole rings is 1. The molecule has 0 spiro atoms. The maximum Gasteiger partial charge on any atom is 0.448 e. The summed E-state index contributed by atoms with van der Waals surface area (Å²) in [5.41, 5.74) is 0.622. The average molecular weight is 371 g/mol. The third-order valence-corrected chi connectivity index (χ3v) is 3.55. The molecule has 0 unspecified atom stereocenters. The molecule has 0 aliphatic carbocycles. The standard InChI is InChI=1S/C10H5F3INOS/c11-10(12,13)8(16)4-9-15-6-2-1-5(14)3-7(6)17-9/h1-4,16H/b8-4-. The molecule has 0 atom stereocenters. The summed E-state index contributed by atoms with van der Waals surface area (Å²) < 4.78 is 38.1. The van der Waals surface area contributed by atoms with Gasteiger partial charge >= 0.3 is 6.18 Å². The molecule has 2 rings (SSSR count). The molecular formula is C10H5F3INOS. The van der Waals surface area contributed by atoms with Gasteiger partial charge in [0.25, 0.3) is 0 Å². The highest BCUT2D eigenvalue weighted by atomic mass is 127. The first-order valence-electron chi connectivity index (χ1n) is 4.40. The van der Waals surface area contributed by atoms with Crippen LogP contribution < -0.4 is 0 Å². The Labute approximate surface area is 112 Å². The number of aromatic nitrogens is 1. The lowest BCUT2D eigenvalue weighted by Gasteiger charge is -2.02. The molecule has 90 valence electrons. The second-order valence-corrected chi connectivity index (χ2v) is 5.50. The number of aliphatic hydroxyl groups is 1. The van der Waals surface area contributed by atoms with Crippen molar-refractivity contribution in [3.05, 3.63) is 32.5 Å². The highest BCUT2D eigenvalue weighted by Crippen LogP contribution is 2.29. The Kier molecular flexibility index (Phi) is 3.30. The summed E-state index contributed by atoms with van der Waals surface area (Å²) in [5.74, 6) is -1.63. The van der Waals surface area contributed by atoms with Crippen molar-refractivity contribution in [3.8, 4) is 0 Å². The first kappa shape index (κ1) is 12.6. The molecule has 0 bridgehead atoms. The molecule has 7 heteroatoms. The van der Waals surface area contributed by atoms with E-state index in [1.165, 1.54) is 0 Å². The number of fused-ring (bicyclic) bond motifs is 1. The lowest BCUT2D eigenvalue weighted by molar-refractivity contribution is -0.119. The fraction of sp³-hybridized carbons (Fsp3) is 0.100. The molecule has 0 amide bonds. The zero-order chi connectivity index (χ0) is 12.6. The second kappa shape index (κ2) is 4.45. The molecule has 1 N–H and O–H groups in total. The molecule has 0 aliphatic heterocycles. The summed E-state index contributed by atoms with van der Waals surface area (Å²) in [6.07, 6.45) is -4.09. The van der Waals surface area contributed by atoms with Crippen LogP contribution in [-0.4, -0.2) is 16.3 Å². The number of benzene rings is 1. The molecule has 1 aromatic heterocycles. The zero-order valence-corrected chi connectivity index (χ0v) is 11.1. The van der Waals surface area contributed by atoms with Gasteiger partial charge in [0, 0.05) is 9.65 Å². The van der Waals surface area contributed by atoms with Gasteiger partial charge in [0.05, 0.1) is 10.2 Å². The zero-order valence-electron chi connectivity index (χ0n) is 8.12. The number of alkyl halides is 3. The Morgan fingerprint density at radius 2 is 2.12 bits per heavy atom. The minimum Gasteiger partial charge on any atom is -0.504 e. The Balaban J connectivity index is 2.44. The SMILES string of the molecule is O/C(=C\c1nc2ccc(I)cc2s1)C(F)(F)F. The molecule has 0 aliphatic rings. The molecule has 17 heavy (non-hydrogen) atoms. The summed E-state index contributed by atoms with van der Waals surface area (Å²) in [4.78, 5) is 3.99. The fourth-order valence-electron chi connectivity index (χ4n) is 1.18. The van der Waals surface area contributed by atoms with Crippen LogP contribution in [-0.2, 0) is 0 Å². The Morgan fingerprint density at radius 1 is 1.41 bits per heavy atom. The smallest absolute Gasteiger partial charge is 0.448 e. The van der Waals surface area contributed by atoms with Crippen LogP contribution in [0.15, 0.2) is 24.0 Å². The van der Waals surface area contributed by atoms with Crippen LogP contribution in [0.25, 0.3) is 16.3 Å². The van der Waals surface area contributed by atoms with E-state index in [9.17, 15) is 13.2 Å². The van der Waals surface area contributed by atoms with Gasteiger partial charge in [-0.15, -0.1) is 11.3 Å². The fourth-order valence-corrected chi connectivity index (χ4v) is 2.82. The summed E-state index contributed by atoms with van der Waals surface area (Å²) in [7, 11) is 0. The maximum absolute atomic E-state index is 12.1. The van der Waals surface area contributed by atoms with Gasteiger partial charge in [0.15, 0.2) is 0 Å². The van der Waals surface area contributed by atoms with E-state index in [4.69, 9.17) is 5.11 Å². The Morgan fingerprint density at radius 3 is 2.76 bits per heavy atom. The van der Waals surface area contributed by atoms with Crippen LogP contribution >= 0.6 is 33.9 Å². The monoisotopic (exact) mass is 371 g/mol. The van der Waals surface area contributed by atoms with Crippen molar-refractivity contribution in [2.75, 3.05) is 0 Å². The van der Waals surface area contributed by atoms with Crippen LogP contribution in [0, 0.1) is 3.57 Å². The second-order valence-electron chi connectivity index (χ2n) is 3.19. The van der Waals surface area contributed by atoms with E-state index in [1.54, 1.807) is 6.07 Å². The molecule has 2 aromatic rings. The van der Waals surface area contributed by atoms with Gasteiger partial charge < -0.3 is 5.11 Å². The van der Waals surface area contributed by atoms with Gasteiger partial charge in [-0.3, -0.25) is 0 Å². The molecule has 0 saturated heterocycles. The van der Waals surface area contributed by atoms with Crippen LogP contribution in [0.4, 0.5) is 13.2 Å². The first-order chi connectivity index (χ1) is 7.86. The minimum absolute atomic E-state index is 0.136. The number of halogens is 4. The number of allylic oxidation sites excluding steroid dienone is 1. The van der Waals surface area contributed by atoms with Gasteiger partial charge in [-0.05, 0) is 40.8 Å². The normalized spacial score (nSPS) is 13.3. The Bertz CT molecular complexity index is 591. The van der Waals surface area contributed by atoms with Crippen LogP contribution in [0.2, 0.25) is 0 Å². The number of hydrogen-bond donors (Lipinski definition) is 1. The van der Waals surface area contributed by atoms with Crippen LogP contribution in [0.5, 0.6) is 0 Å². The van der Waals surface area contributed by atoms with Gasteiger partial charge in [0.2, 0.25) is 5.76 Å². The van der Waals surface area contributed by atoms with Crippen LogP contribution in [0.3, 0.4) is 0 Å². The van der Waals surface area contributed by atoms with Gasteiger partial charge in [-0.1, -0.05) is 0 Å². The predicted molar refractivity (Wildman–Crippen MR) is 69.0 cm³/mol. The maximum atomic E-state index is 12.1. The van der Waals surface area contributed by atoms with Crippen molar-refractivity contribution in [1.29, 1.82) is 0 Å². The van der Waals surface area contributed by atoms with E-state index in [0.717, 1.165) is 19.6 Å². The molecule has 2 nitrogen and oxygen atoms in total. The van der Waals surface area contributed by atoms with Gasteiger partial charge in [0.1, 0.15) is 5.01 Å². The Hall–Kier alpha value is -0.830. The highest BCUT2D eigenvalue weighted by molar-refractivity contribution is 14.1. The number of rotatable bonds is 1. The third-order valence-electron chi connectivity index (χ3n) is 1.92. The minimum atomic E-state index is -4.73.